The van der Waals surface area contributed by atoms with Gasteiger partial charge in [-0.3, -0.25) is 9.35 Å². The highest BCUT2D eigenvalue weighted by molar-refractivity contribution is 7.80. The minimum absolute atomic E-state index is 0.264. The van der Waals surface area contributed by atoms with E-state index in [1.807, 2.05) is 0 Å². The van der Waals surface area contributed by atoms with Gasteiger partial charge in [0.1, 0.15) is 30.5 Å². The minimum atomic E-state index is -5.09. The molecule has 298 valence electrons. The number of aliphatic hydroxyl groups is 5. The van der Waals surface area contributed by atoms with Crippen molar-refractivity contribution in [3.05, 3.63) is 0 Å². The van der Waals surface area contributed by atoms with Gasteiger partial charge in [-0.25, -0.2) is 4.18 Å². The number of hydrogen-bond acceptors (Lipinski definition) is 11. The molecular weight excluding hydrogens is 670 g/mol. The van der Waals surface area contributed by atoms with Crippen LogP contribution in [0, 0.1) is 0 Å². The molecule has 0 aromatic rings. The van der Waals surface area contributed by atoms with Crippen molar-refractivity contribution in [2.24, 2.45) is 0 Å². The first-order valence-corrected chi connectivity index (χ1v) is 20.9. The third-order valence-corrected chi connectivity index (χ3v) is 9.99. The molecule has 8 atom stereocenters. The maximum atomic E-state index is 12.9. The van der Waals surface area contributed by atoms with Crippen LogP contribution in [0.4, 0.5) is 0 Å². The Labute approximate surface area is 301 Å². The molecule has 0 aromatic heterocycles. The molecule has 0 saturated carbocycles. The van der Waals surface area contributed by atoms with E-state index in [-0.39, 0.29) is 6.42 Å². The van der Waals surface area contributed by atoms with E-state index in [2.05, 4.69) is 23.3 Å². The Bertz CT molecular complexity index is 942. The molecule has 1 amide bonds. The summed E-state index contributed by atoms with van der Waals surface area (Å²) in [5.41, 5.74) is 0. The molecule has 1 aliphatic heterocycles. The second-order valence-electron chi connectivity index (χ2n) is 14.0. The molecule has 1 rings (SSSR count). The summed E-state index contributed by atoms with van der Waals surface area (Å²) >= 11 is 0. The van der Waals surface area contributed by atoms with Gasteiger partial charge in [-0.2, -0.15) is 8.42 Å². The van der Waals surface area contributed by atoms with Crippen LogP contribution in [0.15, 0.2) is 0 Å². The first kappa shape index (κ1) is 47.1. The van der Waals surface area contributed by atoms with Gasteiger partial charge in [-0.1, -0.05) is 149 Å². The summed E-state index contributed by atoms with van der Waals surface area (Å²) in [5, 5.41) is 54.6. The van der Waals surface area contributed by atoms with Gasteiger partial charge in [0.05, 0.1) is 25.4 Å². The maximum Gasteiger partial charge on any atom is 0.397 e. The predicted molar refractivity (Wildman–Crippen MR) is 192 cm³/mol. The lowest BCUT2D eigenvalue weighted by atomic mass is 9.99. The molecule has 1 fully saturated rings. The van der Waals surface area contributed by atoms with Crippen LogP contribution >= 0.6 is 0 Å². The van der Waals surface area contributed by atoms with E-state index in [1.54, 1.807) is 0 Å². The number of aliphatic hydroxyl groups excluding tert-OH is 5. The van der Waals surface area contributed by atoms with E-state index in [1.165, 1.54) is 77.0 Å². The first-order chi connectivity index (χ1) is 23.9. The lowest BCUT2D eigenvalue weighted by Crippen LogP contribution is -2.61. The number of unbranched alkanes of at least 4 members (excludes halogenated alkanes) is 19. The van der Waals surface area contributed by atoms with Crippen LogP contribution in [0.2, 0.25) is 0 Å². The Morgan fingerprint density at radius 2 is 1.16 bits per heavy atom. The second-order valence-corrected chi connectivity index (χ2v) is 15.1. The molecule has 1 saturated heterocycles. The number of amides is 1. The molecule has 1 heterocycles. The Hall–Kier alpha value is -0.940. The monoisotopic (exact) mass is 741 g/mol. The zero-order valence-electron chi connectivity index (χ0n) is 30.8. The van der Waals surface area contributed by atoms with E-state index in [4.69, 9.17) is 14.0 Å². The quantitative estimate of drug-likeness (QED) is 0.0364. The molecule has 0 radical (unpaired) electrons. The van der Waals surface area contributed by atoms with E-state index >= 15 is 0 Å². The number of ether oxygens (including phenoxy) is 2. The van der Waals surface area contributed by atoms with Crippen molar-refractivity contribution in [3.63, 3.8) is 0 Å². The van der Waals surface area contributed by atoms with Gasteiger partial charge in [-0.15, -0.1) is 0 Å². The molecule has 0 bridgehead atoms. The van der Waals surface area contributed by atoms with Crippen molar-refractivity contribution >= 4 is 16.3 Å². The minimum Gasteiger partial charge on any atom is -0.394 e. The average Bonchev–Trinajstić information content (AvgIpc) is 3.08. The lowest BCUT2D eigenvalue weighted by Gasteiger charge is -2.41. The molecule has 7 N–H and O–H groups in total. The largest absolute Gasteiger partial charge is 0.397 e. The normalized spacial score (nSPS) is 23.1. The van der Waals surface area contributed by atoms with Crippen LogP contribution in [-0.2, 0) is 28.9 Å². The zero-order chi connectivity index (χ0) is 37.2. The smallest absolute Gasteiger partial charge is 0.394 e. The van der Waals surface area contributed by atoms with Crippen molar-refractivity contribution in [2.45, 2.75) is 210 Å². The van der Waals surface area contributed by atoms with Crippen molar-refractivity contribution in [1.82, 2.24) is 5.32 Å². The van der Waals surface area contributed by atoms with Crippen LogP contribution in [0.25, 0.3) is 0 Å². The Balaban J connectivity index is 2.51. The fraction of sp³-hybridized carbons (Fsp3) is 0.972. The molecule has 13 nitrogen and oxygen atoms in total. The van der Waals surface area contributed by atoms with Crippen LogP contribution in [-0.4, -0.2) is 107 Å². The van der Waals surface area contributed by atoms with Crippen molar-refractivity contribution in [3.8, 4) is 0 Å². The molecular formula is C36H71NO12S. The van der Waals surface area contributed by atoms with Crippen LogP contribution in [0.1, 0.15) is 162 Å². The van der Waals surface area contributed by atoms with Gasteiger partial charge >= 0.3 is 10.4 Å². The maximum absolute atomic E-state index is 12.9. The standard InChI is InChI=1S/C36H71NO12S/c1-3-5-7-9-10-11-12-13-14-15-16-17-18-19-21-23-25-30(40)35(43)37-28(29(39)24-22-20-8-6-4-2)27-47-36-33(42)34(49-50(44,45)46)32(41)31(26-38)48-36/h28-34,36,38-42H,3-27H2,1-2H3,(H,37,43)(H,44,45,46). The van der Waals surface area contributed by atoms with Crippen molar-refractivity contribution in [2.75, 3.05) is 13.2 Å². The van der Waals surface area contributed by atoms with Crippen LogP contribution in [0.3, 0.4) is 0 Å². The SMILES string of the molecule is CCCCCCCCCCCCCCCCCCC(O)C(=O)NC(COC1OC(CO)C(O)C(OS(=O)(=O)O)C1O)C(O)CCCCCCC. The van der Waals surface area contributed by atoms with Gasteiger partial charge in [0.15, 0.2) is 6.29 Å². The highest BCUT2D eigenvalue weighted by atomic mass is 32.3. The summed E-state index contributed by atoms with van der Waals surface area (Å²) in [6.07, 6.45) is 13.7. The van der Waals surface area contributed by atoms with E-state index in [9.17, 15) is 38.7 Å². The van der Waals surface area contributed by atoms with Gasteiger partial charge in [0.2, 0.25) is 5.91 Å². The Morgan fingerprint density at radius 1 is 0.720 bits per heavy atom. The molecule has 0 spiro atoms. The number of carbonyl (C=O) groups excluding carboxylic acids is 1. The summed E-state index contributed by atoms with van der Waals surface area (Å²) in [4.78, 5) is 12.9. The third-order valence-electron chi connectivity index (χ3n) is 9.52. The van der Waals surface area contributed by atoms with Gasteiger partial charge in [0, 0.05) is 0 Å². The van der Waals surface area contributed by atoms with Gasteiger partial charge in [-0.05, 0) is 12.8 Å². The molecule has 0 aliphatic carbocycles. The molecule has 50 heavy (non-hydrogen) atoms. The number of carbonyl (C=O) groups is 1. The number of hydrogen-bond donors (Lipinski definition) is 7. The predicted octanol–water partition coefficient (Wildman–Crippen LogP) is 4.85. The summed E-state index contributed by atoms with van der Waals surface area (Å²) in [5.74, 6) is -0.675. The highest BCUT2D eigenvalue weighted by Crippen LogP contribution is 2.26. The topological polar surface area (TPSA) is 212 Å². The second kappa shape index (κ2) is 28.5. The lowest BCUT2D eigenvalue weighted by molar-refractivity contribution is -0.298. The summed E-state index contributed by atoms with van der Waals surface area (Å²) in [7, 11) is -5.09. The Kier molecular flexibility index (Phi) is 26.9. The number of rotatable bonds is 32. The van der Waals surface area contributed by atoms with Crippen LogP contribution in [0.5, 0.6) is 0 Å². The summed E-state index contributed by atoms with van der Waals surface area (Å²) in [6, 6.07) is -1.02. The fourth-order valence-corrected chi connectivity index (χ4v) is 6.85. The molecule has 8 unspecified atom stereocenters. The van der Waals surface area contributed by atoms with Crippen molar-refractivity contribution < 1.29 is 57.0 Å². The Morgan fingerprint density at radius 3 is 1.60 bits per heavy atom. The summed E-state index contributed by atoms with van der Waals surface area (Å²) < 4.78 is 47.1. The third kappa shape index (κ3) is 21.6. The zero-order valence-corrected chi connectivity index (χ0v) is 31.7. The van der Waals surface area contributed by atoms with Crippen LogP contribution < -0.4 is 5.32 Å². The molecule has 0 aromatic carbocycles. The van der Waals surface area contributed by atoms with Gasteiger partial charge < -0.3 is 40.3 Å². The first-order valence-electron chi connectivity index (χ1n) is 19.5. The van der Waals surface area contributed by atoms with E-state index in [0.717, 1.165) is 44.9 Å². The number of nitrogens with one attached hydrogen (secondary N) is 1. The molecule has 1 aliphatic rings. The van der Waals surface area contributed by atoms with E-state index < -0.39 is 78.5 Å². The fourth-order valence-electron chi connectivity index (χ4n) is 6.35. The van der Waals surface area contributed by atoms with E-state index in [0.29, 0.717) is 19.3 Å². The average molecular weight is 742 g/mol. The van der Waals surface area contributed by atoms with Gasteiger partial charge in [0.25, 0.3) is 0 Å². The summed E-state index contributed by atoms with van der Waals surface area (Å²) in [6.45, 7) is 3.14. The highest BCUT2D eigenvalue weighted by Gasteiger charge is 2.48. The van der Waals surface area contributed by atoms with Crippen molar-refractivity contribution in [1.29, 1.82) is 0 Å². The molecule has 14 heteroatoms.